The minimum atomic E-state index is -4.57. The molecule has 4 nitrogen and oxygen atoms in total. The normalized spacial score (nSPS) is 12.8. The van der Waals surface area contributed by atoms with E-state index < -0.39 is 11.7 Å². The monoisotopic (exact) mass is 290 g/mol. The van der Waals surface area contributed by atoms with Crippen LogP contribution >= 0.6 is 0 Å². The maximum absolute atomic E-state index is 13.0. The van der Waals surface area contributed by atoms with Crippen molar-refractivity contribution in [2.45, 2.75) is 26.4 Å². The van der Waals surface area contributed by atoms with Crippen molar-refractivity contribution in [3.8, 4) is 5.75 Å². The van der Waals surface area contributed by atoms with Crippen LogP contribution in [0.25, 0.3) is 0 Å². The molecule has 0 aromatic heterocycles. The lowest BCUT2D eigenvalue weighted by atomic mass is 10.1. The molecular formula is C13H17F3N2O2. The van der Waals surface area contributed by atoms with E-state index in [1.54, 1.807) is 0 Å². The van der Waals surface area contributed by atoms with Gasteiger partial charge in [0.25, 0.3) is 0 Å². The highest BCUT2D eigenvalue weighted by Crippen LogP contribution is 2.37. The van der Waals surface area contributed by atoms with Crippen LogP contribution in [0.1, 0.15) is 31.4 Å². The number of amidine groups is 1. The quantitative estimate of drug-likeness (QED) is 0.378. The summed E-state index contributed by atoms with van der Waals surface area (Å²) in [5, 5.41) is 11.2. The van der Waals surface area contributed by atoms with E-state index in [-0.39, 0.29) is 23.8 Å². The number of rotatable bonds is 5. The van der Waals surface area contributed by atoms with Crippen LogP contribution in [0.3, 0.4) is 0 Å². The van der Waals surface area contributed by atoms with Crippen LogP contribution in [-0.2, 0) is 6.18 Å². The number of nitrogens with two attached hydrogens (primary N) is 1. The van der Waals surface area contributed by atoms with E-state index >= 15 is 0 Å². The zero-order valence-electron chi connectivity index (χ0n) is 11.2. The first-order valence-electron chi connectivity index (χ1n) is 6.07. The highest BCUT2D eigenvalue weighted by molar-refractivity contribution is 5.97. The molecule has 1 aromatic rings. The van der Waals surface area contributed by atoms with Crippen LogP contribution < -0.4 is 10.5 Å². The van der Waals surface area contributed by atoms with E-state index in [0.717, 1.165) is 6.07 Å². The summed E-state index contributed by atoms with van der Waals surface area (Å²) in [5.41, 5.74) is 4.33. The van der Waals surface area contributed by atoms with Crippen molar-refractivity contribution in [2.24, 2.45) is 16.8 Å². The van der Waals surface area contributed by atoms with E-state index in [0.29, 0.717) is 12.3 Å². The van der Waals surface area contributed by atoms with Crippen molar-refractivity contribution in [3.05, 3.63) is 29.3 Å². The Labute approximate surface area is 115 Å². The van der Waals surface area contributed by atoms with Gasteiger partial charge in [-0.05, 0) is 30.5 Å². The molecule has 0 bridgehead atoms. The maximum atomic E-state index is 13.0. The third-order valence-corrected chi connectivity index (χ3v) is 2.64. The van der Waals surface area contributed by atoms with Crippen LogP contribution in [0.5, 0.6) is 5.75 Å². The lowest BCUT2D eigenvalue weighted by Gasteiger charge is -2.15. The van der Waals surface area contributed by atoms with E-state index in [4.69, 9.17) is 15.7 Å². The lowest BCUT2D eigenvalue weighted by molar-refractivity contribution is -0.139. The zero-order valence-corrected chi connectivity index (χ0v) is 11.2. The second-order valence-corrected chi connectivity index (χ2v) is 4.72. The summed E-state index contributed by atoms with van der Waals surface area (Å²) in [6, 6.07) is 3.30. The molecule has 0 aliphatic heterocycles. The van der Waals surface area contributed by atoms with Crippen molar-refractivity contribution >= 4 is 5.84 Å². The smallest absolute Gasteiger partial charge is 0.419 e. The van der Waals surface area contributed by atoms with Crippen molar-refractivity contribution in [1.82, 2.24) is 0 Å². The van der Waals surface area contributed by atoms with Gasteiger partial charge in [-0.3, -0.25) is 0 Å². The van der Waals surface area contributed by atoms with Crippen LogP contribution in [0.2, 0.25) is 0 Å². The molecule has 1 aromatic carbocycles. The molecular weight excluding hydrogens is 273 g/mol. The molecule has 1 rings (SSSR count). The molecule has 0 radical (unpaired) electrons. The average Bonchev–Trinajstić information content (AvgIpc) is 2.36. The SMILES string of the molecule is CC(C)CCOc1ccc(/C(N)=N/O)cc1C(F)(F)F. The number of hydrogen-bond acceptors (Lipinski definition) is 3. The predicted octanol–water partition coefficient (Wildman–Crippen LogP) is 3.22. The van der Waals surface area contributed by atoms with Gasteiger partial charge in [0, 0.05) is 5.56 Å². The number of oxime groups is 1. The summed E-state index contributed by atoms with van der Waals surface area (Å²) >= 11 is 0. The molecule has 0 saturated heterocycles. The number of benzene rings is 1. The van der Waals surface area contributed by atoms with Crippen LogP contribution in [-0.4, -0.2) is 17.6 Å². The largest absolute Gasteiger partial charge is 0.493 e. The summed E-state index contributed by atoms with van der Waals surface area (Å²) in [4.78, 5) is 0. The lowest BCUT2D eigenvalue weighted by Crippen LogP contribution is -2.16. The molecule has 0 unspecified atom stereocenters. The van der Waals surface area contributed by atoms with Crippen LogP contribution in [0, 0.1) is 5.92 Å². The molecule has 7 heteroatoms. The highest BCUT2D eigenvalue weighted by Gasteiger charge is 2.35. The zero-order chi connectivity index (χ0) is 15.3. The van der Waals surface area contributed by atoms with Crippen molar-refractivity contribution in [1.29, 1.82) is 0 Å². The van der Waals surface area contributed by atoms with Crippen molar-refractivity contribution in [2.75, 3.05) is 6.61 Å². The molecule has 112 valence electrons. The van der Waals surface area contributed by atoms with E-state index in [1.807, 2.05) is 13.8 Å². The third kappa shape index (κ3) is 4.32. The molecule has 3 N–H and O–H groups in total. The van der Waals surface area contributed by atoms with Gasteiger partial charge in [0.1, 0.15) is 5.75 Å². The Balaban J connectivity index is 3.05. The molecule has 0 atom stereocenters. The molecule has 0 fully saturated rings. The van der Waals surface area contributed by atoms with Crippen LogP contribution in [0.4, 0.5) is 13.2 Å². The minimum Gasteiger partial charge on any atom is -0.493 e. The molecule has 0 aliphatic carbocycles. The summed E-state index contributed by atoms with van der Waals surface area (Å²) in [6.07, 6.45) is -3.92. The number of alkyl halides is 3. The Morgan fingerprint density at radius 1 is 1.40 bits per heavy atom. The standard InChI is InChI=1S/C13H17F3N2O2/c1-8(2)5-6-20-11-4-3-9(12(17)18-19)7-10(11)13(14,15)16/h3-4,7-8,19H,5-6H2,1-2H3,(H2,17,18). The average molecular weight is 290 g/mol. The number of hydrogen-bond donors (Lipinski definition) is 2. The second kappa shape index (κ2) is 6.49. The first-order chi connectivity index (χ1) is 9.25. The van der Waals surface area contributed by atoms with Gasteiger partial charge in [-0.1, -0.05) is 19.0 Å². The molecule has 0 amide bonds. The van der Waals surface area contributed by atoms with Gasteiger partial charge in [-0.25, -0.2) is 0 Å². The van der Waals surface area contributed by atoms with Gasteiger partial charge in [-0.2, -0.15) is 13.2 Å². The highest BCUT2D eigenvalue weighted by atomic mass is 19.4. The second-order valence-electron chi connectivity index (χ2n) is 4.72. The van der Waals surface area contributed by atoms with Gasteiger partial charge in [0.2, 0.25) is 0 Å². The molecule has 20 heavy (non-hydrogen) atoms. The van der Waals surface area contributed by atoms with Gasteiger partial charge >= 0.3 is 6.18 Å². The van der Waals surface area contributed by atoms with Crippen LogP contribution in [0.15, 0.2) is 23.4 Å². The first-order valence-corrected chi connectivity index (χ1v) is 6.07. The maximum Gasteiger partial charge on any atom is 0.419 e. The fraction of sp³-hybridized carbons (Fsp3) is 0.462. The topological polar surface area (TPSA) is 67.8 Å². The molecule has 0 aliphatic rings. The van der Waals surface area contributed by atoms with Gasteiger partial charge in [0.05, 0.1) is 12.2 Å². The Morgan fingerprint density at radius 3 is 2.55 bits per heavy atom. The van der Waals surface area contributed by atoms with E-state index in [1.165, 1.54) is 12.1 Å². The Morgan fingerprint density at radius 2 is 2.05 bits per heavy atom. The summed E-state index contributed by atoms with van der Waals surface area (Å²) in [6.45, 7) is 4.11. The third-order valence-electron chi connectivity index (χ3n) is 2.64. The summed E-state index contributed by atoms with van der Waals surface area (Å²) in [7, 11) is 0. The fourth-order valence-corrected chi connectivity index (χ4v) is 1.50. The van der Waals surface area contributed by atoms with Gasteiger partial charge in [-0.15, -0.1) is 0 Å². The molecule has 0 saturated carbocycles. The summed E-state index contributed by atoms with van der Waals surface area (Å²) in [5.74, 6) is -0.308. The number of halogens is 3. The summed E-state index contributed by atoms with van der Waals surface area (Å²) < 4.78 is 44.1. The van der Waals surface area contributed by atoms with Gasteiger partial charge < -0.3 is 15.7 Å². The molecule has 0 spiro atoms. The van der Waals surface area contributed by atoms with Gasteiger partial charge in [0.15, 0.2) is 5.84 Å². The Kier molecular flexibility index (Phi) is 5.24. The van der Waals surface area contributed by atoms with Crippen molar-refractivity contribution < 1.29 is 23.1 Å². The fourth-order valence-electron chi connectivity index (χ4n) is 1.50. The first kappa shape index (κ1) is 16.1. The molecule has 0 heterocycles. The minimum absolute atomic E-state index is 0.0176. The van der Waals surface area contributed by atoms with E-state index in [2.05, 4.69) is 5.16 Å². The number of nitrogens with zero attached hydrogens (tertiary/aromatic N) is 1. The Hall–Kier alpha value is -1.92. The van der Waals surface area contributed by atoms with Crippen molar-refractivity contribution in [3.63, 3.8) is 0 Å². The van der Waals surface area contributed by atoms with E-state index in [9.17, 15) is 13.2 Å². The number of ether oxygens (including phenoxy) is 1. The predicted molar refractivity (Wildman–Crippen MR) is 68.9 cm³/mol. The Bertz CT molecular complexity index is 485.